The average Bonchev–Trinajstić information content (AvgIpc) is 3.12. The summed E-state index contributed by atoms with van der Waals surface area (Å²) in [5.41, 5.74) is 1.16. The van der Waals surface area contributed by atoms with Crippen molar-refractivity contribution in [2.45, 2.75) is 38.0 Å². The van der Waals surface area contributed by atoms with Crippen LogP contribution in [0.5, 0.6) is 0 Å². The molecule has 4 nitrogen and oxygen atoms in total. The van der Waals surface area contributed by atoms with Crippen LogP contribution in [0.15, 0.2) is 5.38 Å². The molecule has 1 aromatic heterocycles. The van der Waals surface area contributed by atoms with E-state index in [0.717, 1.165) is 36.8 Å². The second kappa shape index (κ2) is 4.64. The number of nitrogens with one attached hydrogen (secondary N) is 1. The number of thiazole rings is 1. The summed E-state index contributed by atoms with van der Waals surface area (Å²) in [4.78, 5) is 18.3. The van der Waals surface area contributed by atoms with Gasteiger partial charge in [0, 0.05) is 24.4 Å². The summed E-state index contributed by atoms with van der Waals surface area (Å²) in [7, 11) is 0. The fourth-order valence-electron chi connectivity index (χ4n) is 2.18. The molecule has 3 rings (SSSR count). The number of amides is 2. The van der Waals surface area contributed by atoms with Crippen molar-refractivity contribution in [3.8, 4) is 0 Å². The molecule has 1 aliphatic carbocycles. The van der Waals surface area contributed by atoms with Gasteiger partial charge in [-0.3, -0.25) is 5.32 Å². The number of piperidine rings is 1. The van der Waals surface area contributed by atoms with Gasteiger partial charge in [0.05, 0.1) is 5.69 Å². The Bertz CT molecular complexity index is 408. The number of aromatic nitrogens is 1. The zero-order chi connectivity index (χ0) is 11.7. The Kier molecular flexibility index (Phi) is 3.01. The van der Waals surface area contributed by atoms with Gasteiger partial charge in [-0.25, -0.2) is 9.78 Å². The molecular weight excluding hydrogens is 234 g/mol. The third kappa shape index (κ3) is 2.60. The molecule has 0 spiro atoms. The van der Waals surface area contributed by atoms with Gasteiger partial charge in [-0.2, -0.15) is 0 Å². The number of nitrogens with zero attached hydrogens (tertiary/aromatic N) is 2. The quantitative estimate of drug-likeness (QED) is 0.878. The minimum absolute atomic E-state index is 0.0152. The minimum atomic E-state index is 0.0152. The maximum atomic E-state index is 11.9. The molecule has 2 aliphatic rings. The lowest BCUT2D eigenvalue weighted by Gasteiger charge is -2.26. The lowest BCUT2D eigenvalue weighted by molar-refractivity contribution is 0.200. The maximum Gasteiger partial charge on any atom is 0.323 e. The fraction of sp³-hybridized carbons (Fsp3) is 0.667. The third-order valence-corrected chi connectivity index (χ3v) is 4.15. The molecule has 0 aromatic carbocycles. The lowest BCUT2D eigenvalue weighted by atomic mass is 10.1. The SMILES string of the molecule is O=C(Nc1nc(C2CC2)cs1)N1CCCCC1. The Morgan fingerprint density at radius 2 is 2.12 bits per heavy atom. The van der Waals surface area contributed by atoms with Gasteiger partial charge in [0.2, 0.25) is 0 Å². The van der Waals surface area contributed by atoms with Gasteiger partial charge in [-0.1, -0.05) is 0 Å². The molecule has 0 atom stereocenters. The Labute approximate surface area is 105 Å². The highest BCUT2D eigenvalue weighted by Gasteiger charge is 2.26. The molecule has 2 fully saturated rings. The van der Waals surface area contributed by atoms with Crippen LogP contribution in [0.2, 0.25) is 0 Å². The number of likely N-dealkylation sites (tertiary alicyclic amines) is 1. The molecule has 0 bridgehead atoms. The van der Waals surface area contributed by atoms with Crippen molar-refractivity contribution in [1.82, 2.24) is 9.88 Å². The van der Waals surface area contributed by atoms with Crippen LogP contribution in [-0.4, -0.2) is 29.0 Å². The standard InChI is InChI=1S/C12H17N3OS/c16-12(15-6-2-1-3-7-15)14-11-13-10(8-17-11)9-4-5-9/h8-9H,1-7H2,(H,13,14,16). The van der Waals surface area contributed by atoms with E-state index >= 15 is 0 Å². The molecule has 1 saturated carbocycles. The molecule has 2 heterocycles. The van der Waals surface area contributed by atoms with E-state index in [9.17, 15) is 4.79 Å². The van der Waals surface area contributed by atoms with Crippen LogP contribution in [0, 0.1) is 0 Å². The van der Waals surface area contributed by atoms with Crippen LogP contribution in [0.1, 0.15) is 43.7 Å². The molecular formula is C12H17N3OS. The first-order valence-corrected chi connectivity index (χ1v) is 7.22. The van der Waals surface area contributed by atoms with Gasteiger partial charge in [0.1, 0.15) is 0 Å². The molecule has 1 saturated heterocycles. The maximum absolute atomic E-state index is 11.9. The highest BCUT2D eigenvalue weighted by atomic mass is 32.1. The predicted molar refractivity (Wildman–Crippen MR) is 68.5 cm³/mol. The summed E-state index contributed by atoms with van der Waals surface area (Å²) in [5, 5.41) is 5.73. The predicted octanol–water partition coefficient (Wildman–Crippen LogP) is 3.04. The first kappa shape index (κ1) is 11.0. The van der Waals surface area contributed by atoms with Crippen molar-refractivity contribution in [2.75, 3.05) is 18.4 Å². The summed E-state index contributed by atoms with van der Waals surface area (Å²) in [6, 6.07) is 0.0152. The summed E-state index contributed by atoms with van der Waals surface area (Å²) in [5.74, 6) is 0.659. The molecule has 1 aliphatic heterocycles. The molecule has 0 radical (unpaired) electrons. The molecule has 1 aromatic rings. The van der Waals surface area contributed by atoms with Crippen molar-refractivity contribution in [1.29, 1.82) is 0 Å². The monoisotopic (exact) mass is 251 g/mol. The largest absolute Gasteiger partial charge is 0.324 e. The molecule has 2 amide bonds. The number of hydrogen-bond acceptors (Lipinski definition) is 3. The van der Waals surface area contributed by atoms with Crippen molar-refractivity contribution < 1.29 is 4.79 Å². The van der Waals surface area contributed by atoms with Crippen molar-refractivity contribution in [2.24, 2.45) is 0 Å². The second-order valence-electron chi connectivity index (χ2n) is 4.83. The Morgan fingerprint density at radius 3 is 2.82 bits per heavy atom. The van der Waals surface area contributed by atoms with E-state index in [0.29, 0.717) is 5.92 Å². The van der Waals surface area contributed by atoms with Crippen molar-refractivity contribution in [3.05, 3.63) is 11.1 Å². The van der Waals surface area contributed by atoms with Crippen LogP contribution >= 0.6 is 11.3 Å². The lowest BCUT2D eigenvalue weighted by Crippen LogP contribution is -2.38. The number of rotatable bonds is 2. The fourth-order valence-corrected chi connectivity index (χ4v) is 2.96. The van der Waals surface area contributed by atoms with Gasteiger partial charge >= 0.3 is 6.03 Å². The second-order valence-corrected chi connectivity index (χ2v) is 5.69. The van der Waals surface area contributed by atoms with Gasteiger partial charge < -0.3 is 4.90 Å². The van der Waals surface area contributed by atoms with Crippen LogP contribution in [0.3, 0.4) is 0 Å². The zero-order valence-corrected chi connectivity index (χ0v) is 10.6. The minimum Gasteiger partial charge on any atom is -0.324 e. The van der Waals surface area contributed by atoms with Crippen LogP contribution < -0.4 is 5.32 Å². The summed E-state index contributed by atoms with van der Waals surface area (Å²) in [6.07, 6.45) is 6.00. The molecule has 5 heteroatoms. The smallest absolute Gasteiger partial charge is 0.323 e. The number of urea groups is 1. The zero-order valence-electron chi connectivity index (χ0n) is 9.82. The van der Waals surface area contributed by atoms with Gasteiger partial charge in [-0.15, -0.1) is 11.3 Å². The summed E-state index contributed by atoms with van der Waals surface area (Å²) < 4.78 is 0. The van der Waals surface area contributed by atoms with Crippen LogP contribution in [-0.2, 0) is 0 Å². The van der Waals surface area contributed by atoms with Crippen molar-refractivity contribution >= 4 is 22.5 Å². The third-order valence-electron chi connectivity index (χ3n) is 3.37. The highest BCUT2D eigenvalue weighted by Crippen LogP contribution is 2.40. The van der Waals surface area contributed by atoms with E-state index in [1.165, 1.54) is 19.3 Å². The highest BCUT2D eigenvalue weighted by molar-refractivity contribution is 7.13. The Morgan fingerprint density at radius 1 is 1.35 bits per heavy atom. The molecule has 17 heavy (non-hydrogen) atoms. The number of anilines is 1. The summed E-state index contributed by atoms with van der Waals surface area (Å²) >= 11 is 1.54. The van der Waals surface area contributed by atoms with E-state index in [1.807, 2.05) is 4.90 Å². The molecule has 0 unspecified atom stereocenters. The van der Waals surface area contributed by atoms with Crippen LogP contribution in [0.25, 0.3) is 0 Å². The van der Waals surface area contributed by atoms with E-state index in [4.69, 9.17) is 0 Å². The van der Waals surface area contributed by atoms with Gasteiger partial charge in [-0.05, 0) is 32.1 Å². The van der Waals surface area contributed by atoms with Crippen molar-refractivity contribution in [3.63, 3.8) is 0 Å². The van der Waals surface area contributed by atoms with Crippen LogP contribution in [0.4, 0.5) is 9.93 Å². The van der Waals surface area contributed by atoms with E-state index < -0.39 is 0 Å². The number of carbonyl (C=O) groups is 1. The first-order valence-electron chi connectivity index (χ1n) is 6.34. The van der Waals surface area contributed by atoms with E-state index in [1.54, 1.807) is 11.3 Å². The number of carbonyl (C=O) groups excluding carboxylic acids is 1. The average molecular weight is 251 g/mol. The van der Waals surface area contributed by atoms with Gasteiger partial charge in [0.15, 0.2) is 5.13 Å². The van der Waals surface area contributed by atoms with Gasteiger partial charge in [0.25, 0.3) is 0 Å². The Hall–Kier alpha value is -1.10. The first-order chi connectivity index (χ1) is 8.33. The number of hydrogen-bond donors (Lipinski definition) is 1. The van der Waals surface area contributed by atoms with E-state index in [2.05, 4.69) is 15.7 Å². The van der Waals surface area contributed by atoms with E-state index in [-0.39, 0.29) is 6.03 Å². The summed E-state index contributed by atoms with van der Waals surface area (Å²) in [6.45, 7) is 1.76. The normalized spacial score (nSPS) is 20.4. The molecule has 1 N–H and O–H groups in total. The topological polar surface area (TPSA) is 45.2 Å². The molecule has 92 valence electrons. The Balaban J connectivity index is 1.58.